The molecule has 2 fully saturated rings. The van der Waals surface area contributed by atoms with Crippen molar-refractivity contribution >= 4 is 61.8 Å². The number of aliphatic hydroxyl groups excluding tert-OH is 1. The van der Waals surface area contributed by atoms with Crippen LogP contribution in [0.15, 0.2) is 102 Å². The third-order valence-corrected chi connectivity index (χ3v) is 10.8. The fraction of sp³-hybridized carbons (Fsp3) is 0.304. The van der Waals surface area contributed by atoms with E-state index >= 15 is 0 Å². The standard InChI is InChI=1S/C10H9FO3.C10H12O4S.C9H8BrFO2.C9H9FO3.C7H5FO2.CH2Cl2/c11-8-1-2-10(7(3-8)4-12)14-6-9-5-13-9;1-8-2-4-10(5-3-8)15(11,12)14-7-9-6-13-9;10-4-7-5-12-8-2-1-6(11)3-9(8)13-7;10-6-1-2-8-9(3-6)13-7(4-11)5-12-8;8-6-1-2-7(10)5(3-6)4-9;2-1-3/h1-4,9H,5-6H2;2-5,9H,6-7H2,1H3;1-3,7H,4-5H2;1-3,7,11H,4-5H2;1-4,10H;1H2/t2*9-;2*7-;;/m1100../s1. The molecule has 0 radical (unpaired) electrons. The predicted molar refractivity (Wildman–Crippen MR) is 245 cm³/mol. The fourth-order valence-electron chi connectivity index (χ4n) is 5.16. The molecule has 68 heavy (non-hydrogen) atoms. The van der Waals surface area contributed by atoms with Crippen molar-refractivity contribution in [2.24, 2.45) is 0 Å². The van der Waals surface area contributed by atoms with Crippen molar-refractivity contribution in [3.8, 4) is 34.5 Å². The largest absolute Gasteiger partial charge is 0.507 e. The number of benzene rings is 5. The zero-order valence-corrected chi connectivity index (χ0v) is 39.8. The zero-order valence-electron chi connectivity index (χ0n) is 35.9. The maximum atomic E-state index is 12.8. The SMILES string of the molecule is Cc1ccc(S(=O)(=O)OC[C@H]2CO2)cc1.ClCCl.Fc1ccc2c(c1)O[C@@H](CBr)CO2.O=Cc1cc(F)ccc1O.O=Cc1cc(F)ccc1OC[C@H]1CO1.OC[C@H]1COc2ccc(F)cc2O1. The van der Waals surface area contributed by atoms with E-state index in [9.17, 15) is 35.6 Å². The predicted octanol–water partition coefficient (Wildman–Crippen LogP) is 8.60. The Bertz CT molecular complexity index is 2420. The van der Waals surface area contributed by atoms with E-state index in [2.05, 4.69) is 15.9 Å². The molecular weight excluding hydrogens is 1040 g/mol. The Morgan fingerprint density at radius 1 is 0.662 bits per heavy atom. The molecule has 5 aromatic rings. The van der Waals surface area contributed by atoms with Gasteiger partial charge in [0.15, 0.2) is 41.7 Å². The molecular formula is C46H45BrCl2F4O14S. The molecule has 368 valence electrons. The summed E-state index contributed by atoms with van der Waals surface area (Å²) in [5.74, 6) is 0.513. The Hall–Kier alpha value is -5.19. The maximum absolute atomic E-state index is 12.8. The van der Waals surface area contributed by atoms with Gasteiger partial charge in [0.25, 0.3) is 10.1 Å². The average molecular weight is 1080 g/mol. The van der Waals surface area contributed by atoms with E-state index < -0.39 is 27.9 Å². The number of ether oxygens (including phenoxy) is 7. The topological polar surface area (TPSA) is 189 Å². The Labute approximate surface area is 407 Å². The first-order chi connectivity index (χ1) is 32.6. The molecule has 4 aliphatic heterocycles. The Kier molecular flexibility index (Phi) is 23.1. The van der Waals surface area contributed by atoms with Crippen LogP contribution in [0.5, 0.6) is 34.5 Å². The molecule has 4 atom stereocenters. The minimum atomic E-state index is -3.61. The summed E-state index contributed by atoms with van der Waals surface area (Å²) < 4.78 is 115. The Morgan fingerprint density at radius 2 is 1.13 bits per heavy atom. The van der Waals surface area contributed by atoms with Gasteiger partial charge in [-0.15, -0.1) is 23.2 Å². The molecule has 4 heterocycles. The molecule has 22 heteroatoms. The van der Waals surface area contributed by atoms with Crippen LogP contribution in [0.1, 0.15) is 26.3 Å². The quantitative estimate of drug-likeness (QED) is 0.0421. The van der Waals surface area contributed by atoms with Crippen LogP contribution >= 0.6 is 39.1 Å². The number of hydrogen-bond acceptors (Lipinski definition) is 14. The number of hydrogen-bond donors (Lipinski definition) is 2. The number of aromatic hydroxyl groups is 1. The molecule has 2 saturated heterocycles. The van der Waals surface area contributed by atoms with E-state index in [1.165, 1.54) is 42.5 Å². The van der Waals surface area contributed by atoms with Gasteiger partial charge < -0.3 is 43.4 Å². The molecule has 2 N–H and O–H groups in total. The summed E-state index contributed by atoms with van der Waals surface area (Å²) in [5.41, 5.74) is 1.21. The molecule has 0 aliphatic carbocycles. The molecule has 5 aromatic carbocycles. The van der Waals surface area contributed by atoms with Crippen molar-refractivity contribution in [1.82, 2.24) is 0 Å². The third-order valence-electron chi connectivity index (χ3n) is 8.79. The second-order valence-corrected chi connectivity index (χ2v) is 17.2. The first-order valence-electron chi connectivity index (χ1n) is 20.1. The van der Waals surface area contributed by atoms with Crippen molar-refractivity contribution < 1.29 is 83.1 Å². The van der Waals surface area contributed by atoms with Crippen LogP contribution in [0.2, 0.25) is 0 Å². The molecule has 4 aliphatic rings. The lowest BCUT2D eigenvalue weighted by molar-refractivity contribution is 0.0452. The number of aryl methyl sites for hydroxylation is 1. The summed E-state index contributed by atoms with van der Waals surface area (Å²) in [6.07, 6.45) is 0.623. The highest BCUT2D eigenvalue weighted by atomic mass is 79.9. The molecule has 9 rings (SSSR count). The highest BCUT2D eigenvalue weighted by molar-refractivity contribution is 9.09. The van der Waals surface area contributed by atoms with Crippen molar-refractivity contribution in [3.63, 3.8) is 0 Å². The number of alkyl halides is 3. The van der Waals surface area contributed by atoms with Crippen molar-refractivity contribution in [2.45, 2.75) is 36.2 Å². The average Bonchev–Trinajstić information content (AvgIpc) is 4.29. The van der Waals surface area contributed by atoms with E-state index in [1.54, 1.807) is 30.3 Å². The lowest BCUT2D eigenvalue weighted by atomic mass is 10.2. The van der Waals surface area contributed by atoms with E-state index in [1.807, 2.05) is 6.92 Å². The van der Waals surface area contributed by atoms with Gasteiger partial charge in [0.1, 0.15) is 72.9 Å². The lowest BCUT2D eigenvalue weighted by Gasteiger charge is -2.24. The molecule has 14 nitrogen and oxygen atoms in total. The van der Waals surface area contributed by atoms with Gasteiger partial charge in [0, 0.05) is 17.5 Å². The van der Waals surface area contributed by atoms with Crippen molar-refractivity contribution in [3.05, 3.63) is 137 Å². The minimum absolute atomic E-state index is 0.0278. The highest BCUT2D eigenvalue weighted by Gasteiger charge is 2.27. The summed E-state index contributed by atoms with van der Waals surface area (Å²) in [4.78, 5) is 20.8. The van der Waals surface area contributed by atoms with Gasteiger partial charge in [-0.2, -0.15) is 8.42 Å². The van der Waals surface area contributed by atoms with E-state index in [4.69, 9.17) is 70.8 Å². The molecule has 0 saturated carbocycles. The monoisotopic (exact) mass is 1080 g/mol. The number of phenols is 1. The maximum Gasteiger partial charge on any atom is 0.297 e. The number of carbonyl (C=O) groups is 2. The summed E-state index contributed by atoms with van der Waals surface area (Å²) in [7, 11) is -3.61. The second kappa shape index (κ2) is 28.3. The van der Waals surface area contributed by atoms with Crippen LogP contribution in [0.4, 0.5) is 17.6 Å². The van der Waals surface area contributed by atoms with Crippen LogP contribution in [0.3, 0.4) is 0 Å². The van der Waals surface area contributed by atoms with Crippen LogP contribution in [-0.2, 0) is 23.8 Å². The summed E-state index contributed by atoms with van der Waals surface area (Å²) >= 11 is 12.8. The van der Waals surface area contributed by atoms with Crippen LogP contribution in [-0.4, -0.2) is 113 Å². The Morgan fingerprint density at radius 3 is 1.63 bits per heavy atom. The number of epoxide rings is 2. The van der Waals surface area contributed by atoms with Gasteiger partial charge in [0.2, 0.25) is 0 Å². The van der Waals surface area contributed by atoms with E-state index in [-0.39, 0.29) is 70.3 Å². The summed E-state index contributed by atoms with van der Waals surface area (Å²) in [6.45, 7) is 4.37. The molecule has 0 spiro atoms. The molecule has 0 aromatic heterocycles. The van der Waals surface area contributed by atoms with E-state index in [0.29, 0.717) is 79.7 Å². The van der Waals surface area contributed by atoms with Gasteiger partial charge in [0.05, 0.1) is 47.8 Å². The fourth-order valence-corrected chi connectivity index (χ4v) is 6.41. The van der Waals surface area contributed by atoms with Gasteiger partial charge in [-0.05, 0) is 79.7 Å². The molecule has 0 bridgehead atoms. The van der Waals surface area contributed by atoms with Gasteiger partial charge in [-0.3, -0.25) is 13.8 Å². The zero-order chi connectivity index (χ0) is 49.6. The van der Waals surface area contributed by atoms with Gasteiger partial charge in [-0.25, -0.2) is 17.6 Å². The molecule has 0 unspecified atom stereocenters. The smallest absolute Gasteiger partial charge is 0.297 e. The van der Waals surface area contributed by atoms with Crippen LogP contribution in [0, 0.1) is 30.2 Å². The number of carbonyl (C=O) groups excluding carboxylic acids is 2. The highest BCUT2D eigenvalue weighted by Crippen LogP contribution is 2.33. The summed E-state index contributed by atoms with van der Waals surface area (Å²) in [5, 5.41) is 18.5. The number of halogens is 7. The first-order valence-corrected chi connectivity index (χ1v) is 23.7. The minimum Gasteiger partial charge on any atom is -0.507 e. The van der Waals surface area contributed by atoms with Crippen LogP contribution < -0.4 is 23.7 Å². The van der Waals surface area contributed by atoms with Crippen molar-refractivity contribution in [1.29, 1.82) is 0 Å². The number of phenolic OH excluding ortho intramolecular Hbond substituents is 1. The van der Waals surface area contributed by atoms with E-state index in [0.717, 1.165) is 29.8 Å². The summed E-state index contributed by atoms with van der Waals surface area (Å²) in [6, 6.07) is 22.0. The van der Waals surface area contributed by atoms with Crippen molar-refractivity contribution in [2.75, 3.05) is 56.9 Å². The lowest BCUT2D eigenvalue weighted by Crippen LogP contribution is -2.32. The molecule has 0 amide bonds. The third kappa shape index (κ3) is 19.4. The first kappa shape index (κ1) is 55.4. The van der Waals surface area contributed by atoms with Gasteiger partial charge in [-0.1, -0.05) is 33.6 Å². The normalized spacial score (nSPS) is 17.7. The second-order valence-electron chi connectivity index (χ2n) is 14.1. The number of fused-ring (bicyclic) bond motifs is 2. The number of aliphatic hydroxyl groups is 1. The number of rotatable bonds is 11. The van der Waals surface area contributed by atoms with Crippen LogP contribution in [0.25, 0.3) is 0 Å². The van der Waals surface area contributed by atoms with Gasteiger partial charge >= 0.3 is 0 Å². The Balaban J connectivity index is 0.000000183. The number of aldehydes is 2.